The highest BCUT2D eigenvalue weighted by molar-refractivity contribution is 5.89. The van der Waals surface area contributed by atoms with E-state index in [4.69, 9.17) is 15.9 Å². The van der Waals surface area contributed by atoms with Crippen LogP contribution in [0.4, 0.5) is 5.69 Å². The van der Waals surface area contributed by atoms with Gasteiger partial charge in [-0.2, -0.15) is 0 Å². The Labute approximate surface area is 81.4 Å². The average Bonchev–Trinajstić information content (AvgIpc) is 2.16. The maximum atomic E-state index is 9.88. The first kappa shape index (κ1) is 10.0. The second kappa shape index (κ2) is 4.86. The monoisotopic (exact) mass is 192 g/mol. The lowest BCUT2D eigenvalue weighted by atomic mass is 10.3. The lowest BCUT2D eigenvalue weighted by Gasteiger charge is -2.05. The Bertz CT molecular complexity index is 321. The molecule has 14 heavy (non-hydrogen) atoms. The number of anilines is 1. The van der Waals surface area contributed by atoms with Crippen LogP contribution in [0.15, 0.2) is 24.3 Å². The summed E-state index contributed by atoms with van der Waals surface area (Å²) in [6.45, 7) is -0.0838. The molecule has 1 rings (SSSR count). The van der Waals surface area contributed by atoms with E-state index in [1.54, 1.807) is 30.6 Å². The molecule has 0 aliphatic heterocycles. The van der Waals surface area contributed by atoms with Gasteiger partial charge in [-0.1, -0.05) is 0 Å². The fourth-order valence-corrected chi connectivity index (χ4v) is 0.903. The number of guanidine groups is 1. The molecule has 0 fully saturated rings. The van der Waals surface area contributed by atoms with Gasteiger partial charge in [0.2, 0.25) is 6.29 Å². The van der Waals surface area contributed by atoms with Crippen LogP contribution in [0.25, 0.3) is 0 Å². The van der Waals surface area contributed by atoms with E-state index in [1.165, 1.54) is 0 Å². The lowest BCUT2D eigenvalue weighted by Crippen LogP contribution is -2.20. The minimum Gasteiger partial charge on any atom is -0.485 e. The SMILES string of the molecule is N=C(N)Nc1ccc(OC[C]=O)cc1. The summed E-state index contributed by atoms with van der Waals surface area (Å²) >= 11 is 0. The van der Waals surface area contributed by atoms with Crippen LogP contribution in [0.1, 0.15) is 0 Å². The van der Waals surface area contributed by atoms with Crippen molar-refractivity contribution in [2.24, 2.45) is 5.73 Å². The van der Waals surface area contributed by atoms with Crippen LogP contribution in [0.5, 0.6) is 5.75 Å². The molecule has 0 saturated heterocycles. The van der Waals surface area contributed by atoms with Gasteiger partial charge in [0, 0.05) is 5.69 Å². The van der Waals surface area contributed by atoms with Crippen LogP contribution in [0.2, 0.25) is 0 Å². The molecule has 1 aromatic rings. The molecule has 5 nitrogen and oxygen atoms in total. The van der Waals surface area contributed by atoms with Crippen LogP contribution in [0, 0.1) is 5.41 Å². The predicted octanol–water partition coefficient (Wildman–Crippen LogP) is 0.480. The van der Waals surface area contributed by atoms with E-state index in [0.29, 0.717) is 11.4 Å². The summed E-state index contributed by atoms with van der Waals surface area (Å²) in [5, 5.41) is 9.60. The Balaban J connectivity index is 2.58. The summed E-state index contributed by atoms with van der Waals surface area (Å²) in [4.78, 5) is 9.88. The molecule has 0 amide bonds. The van der Waals surface area contributed by atoms with Gasteiger partial charge in [0.05, 0.1) is 0 Å². The highest BCUT2D eigenvalue weighted by Crippen LogP contribution is 2.14. The molecule has 0 atom stereocenters. The molecule has 0 aromatic heterocycles. The van der Waals surface area contributed by atoms with Gasteiger partial charge in [0.25, 0.3) is 0 Å². The van der Waals surface area contributed by atoms with Crippen molar-refractivity contribution in [1.29, 1.82) is 5.41 Å². The maximum absolute atomic E-state index is 9.88. The first-order chi connectivity index (χ1) is 6.72. The zero-order valence-electron chi connectivity index (χ0n) is 7.41. The van der Waals surface area contributed by atoms with Gasteiger partial charge >= 0.3 is 0 Å². The minimum atomic E-state index is -0.125. The van der Waals surface area contributed by atoms with Crippen molar-refractivity contribution in [3.63, 3.8) is 0 Å². The lowest BCUT2D eigenvalue weighted by molar-refractivity contribution is 0.365. The normalized spacial score (nSPS) is 9.14. The molecule has 0 bridgehead atoms. The fourth-order valence-electron chi connectivity index (χ4n) is 0.903. The molecule has 0 unspecified atom stereocenters. The molecule has 1 aromatic carbocycles. The number of hydrogen-bond acceptors (Lipinski definition) is 3. The molecular formula is C9H10N3O2. The first-order valence-electron chi connectivity index (χ1n) is 3.91. The minimum absolute atomic E-state index is 0.0838. The quantitative estimate of drug-likeness (QED) is 0.478. The molecule has 0 spiro atoms. The summed E-state index contributed by atoms with van der Waals surface area (Å²) in [6, 6.07) is 6.73. The fraction of sp³-hybridized carbons (Fsp3) is 0.111. The van der Waals surface area contributed by atoms with E-state index in [9.17, 15) is 4.79 Å². The third-order valence-corrected chi connectivity index (χ3v) is 1.43. The molecule has 5 heteroatoms. The topological polar surface area (TPSA) is 88.2 Å². The number of rotatable bonds is 4. The van der Waals surface area contributed by atoms with Gasteiger partial charge in [0.15, 0.2) is 12.6 Å². The van der Waals surface area contributed by atoms with Crippen molar-refractivity contribution in [3.8, 4) is 5.75 Å². The van der Waals surface area contributed by atoms with Crippen molar-refractivity contribution in [2.45, 2.75) is 0 Å². The Morgan fingerprint density at radius 3 is 2.64 bits per heavy atom. The second-order valence-electron chi connectivity index (χ2n) is 2.50. The van der Waals surface area contributed by atoms with Crippen LogP contribution >= 0.6 is 0 Å². The van der Waals surface area contributed by atoms with Crippen molar-refractivity contribution < 1.29 is 9.53 Å². The highest BCUT2D eigenvalue weighted by atomic mass is 16.5. The number of ether oxygens (including phenoxy) is 1. The van der Waals surface area contributed by atoms with E-state index in [-0.39, 0.29) is 12.6 Å². The molecule has 4 N–H and O–H groups in total. The maximum Gasteiger partial charge on any atom is 0.239 e. The Kier molecular flexibility index (Phi) is 3.49. The number of benzene rings is 1. The molecule has 1 radical (unpaired) electrons. The van der Waals surface area contributed by atoms with E-state index in [1.807, 2.05) is 0 Å². The zero-order chi connectivity index (χ0) is 10.4. The summed E-state index contributed by atoms with van der Waals surface area (Å²) in [6.07, 6.45) is 1.62. The van der Waals surface area contributed by atoms with Gasteiger partial charge in [-0.05, 0) is 24.3 Å². The second-order valence-corrected chi connectivity index (χ2v) is 2.50. The van der Waals surface area contributed by atoms with Crippen molar-refractivity contribution in [1.82, 2.24) is 0 Å². The van der Waals surface area contributed by atoms with Crippen LogP contribution in [0.3, 0.4) is 0 Å². The number of nitrogens with one attached hydrogen (secondary N) is 2. The van der Waals surface area contributed by atoms with Gasteiger partial charge in [-0.3, -0.25) is 10.2 Å². The summed E-state index contributed by atoms with van der Waals surface area (Å²) < 4.78 is 4.98. The van der Waals surface area contributed by atoms with E-state index in [0.717, 1.165) is 0 Å². The molecule has 73 valence electrons. The number of nitrogens with two attached hydrogens (primary N) is 1. The molecule has 0 saturated carbocycles. The van der Waals surface area contributed by atoms with Crippen LogP contribution < -0.4 is 15.8 Å². The summed E-state index contributed by atoms with van der Waals surface area (Å²) in [5.41, 5.74) is 5.83. The molecule has 0 aliphatic carbocycles. The Hall–Kier alpha value is -2.04. The van der Waals surface area contributed by atoms with E-state index in [2.05, 4.69) is 5.32 Å². The summed E-state index contributed by atoms with van der Waals surface area (Å²) in [5.74, 6) is 0.447. The zero-order valence-corrected chi connectivity index (χ0v) is 7.41. The van der Waals surface area contributed by atoms with Crippen LogP contribution in [-0.2, 0) is 4.79 Å². The Morgan fingerprint density at radius 2 is 2.14 bits per heavy atom. The largest absolute Gasteiger partial charge is 0.485 e. The Morgan fingerprint density at radius 1 is 1.50 bits per heavy atom. The summed E-state index contributed by atoms with van der Waals surface area (Å²) in [7, 11) is 0. The van der Waals surface area contributed by atoms with Crippen LogP contribution in [-0.4, -0.2) is 18.9 Å². The van der Waals surface area contributed by atoms with Crippen molar-refractivity contribution in [2.75, 3.05) is 11.9 Å². The van der Waals surface area contributed by atoms with E-state index < -0.39 is 0 Å². The van der Waals surface area contributed by atoms with Gasteiger partial charge in [-0.25, -0.2) is 0 Å². The van der Waals surface area contributed by atoms with E-state index >= 15 is 0 Å². The molecule has 0 heterocycles. The first-order valence-corrected chi connectivity index (χ1v) is 3.91. The van der Waals surface area contributed by atoms with Gasteiger partial charge in [0.1, 0.15) is 5.75 Å². The third-order valence-electron chi connectivity index (χ3n) is 1.43. The standard InChI is InChI=1S/C9H10N3O2/c10-9(11)12-7-1-3-8(4-2-7)14-6-5-13/h1-4H,6H2,(H4,10,11,12). The molecular weight excluding hydrogens is 182 g/mol. The third kappa shape index (κ3) is 3.14. The number of hydrogen-bond donors (Lipinski definition) is 3. The van der Waals surface area contributed by atoms with Gasteiger partial charge < -0.3 is 15.8 Å². The number of carbonyl (C=O) groups excluding carboxylic acids is 1. The average molecular weight is 192 g/mol. The smallest absolute Gasteiger partial charge is 0.239 e. The van der Waals surface area contributed by atoms with Crippen molar-refractivity contribution >= 4 is 17.9 Å². The van der Waals surface area contributed by atoms with Gasteiger partial charge in [-0.15, -0.1) is 0 Å². The molecule has 0 aliphatic rings. The predicted molar refractivity (Wildman–Crippen MR) is 53.2 cm³/mol. The highest BCUT2D eigenvalue weighted by Gasteiger charge is 1.95. The van der Waals surface area contributed by atoms with Crippen molar-refractivity contribution in [3.05, 3.63) is 24.3 Å².